The molecule has 1 heterocycles. The monoisotopic (exact) mass is 425 g/mol. The summed E-state index contributed by atoms with van der Waals surface area (Å²) in [5.74, 6) is 0. The number of hydrogen-bond acceptors (Lipinski definition) is 5. The van der Waals surface area contributed by atoms with Gasteiger partial charge in [0.1, 0.15) is 0 Å². The molecule has 0 atom stereocenters. The van der Waals surface area contributed by atoms with Crippen molar-refractivity contribution in [3.05, 3.63) is 24.3 Å². The maximum atomic E-state index is 12.8. The minimum absolute atomic E-state index is 0. The molecule has 1 fully saturated rings. The number of hydrogen-bond donors (Lipinski definition) is 2. The lowest BCUT2D eigenvalue weighted by molar-refractivity contribution is 0.423. The number of halogens is 1. The SMILES string of the molecule is CC(C)(N)CNS(=O)(=O)c1cccc(S(=O)(=O)N2CCCCCC2)c1.Cl. The van der Waals surface area contributed by atoms with E-state index in [0.29, 0.717) is 13.1 Å². The van der Waals surface area contributed by atoms with Gasteiger partial charge in [-0.2, -0.15) is 4.31 Å². The number of nitrogens with two attached hydrogens (primary N) is 1. The Labute approximate surface area is 162 Å². The minimum atomic E-state index is -3.83. The quantitative estimate of drug-likeness (QED) is 0.720. The van der Waals surface area contributed by atoms with Crippen LogP contribution in [0.15, 0.2) is 34.1 Å². The highest BCUT2D eigenvalue weighted by molar-refractivity contribution is 7.90. The van der Waals surface area contributed by atoms with Gasteiger partial charge in [0.15, 0.2) is 0 Å². The zero-order chi connectivity index (χ0) is 18.7. The van der Waals surface area contributed by atoms with Crippen LogP contribution in [0.25, 0.3) is 0 Å². The summed E-state index contributed by atoms with van der Waals surface area (Å²) in [6, 6.07) is 5.48. The minimum Gasteiger partial charge on any atom is -0.324 e. The summed E-state index contributed by atoms with van der Waals surface area (Å²) in [6.45, 7) is 4.40. The molecular weight excluding hydrogens is 398 g/mol. The molecule has 0 saturated carbocycles. The number of rotatable bonds is 6. The van der Waals surface area contributed by atoms with Crippen LogP contribution in [-0.4, -0.2) is 46.3 Å². The highest BCUT2D eigenvalue weighted by Crippen LogP contribution is 2.22. The molecular formula is C16H28ClN3O4S2. The van der Waals surface area contributed by atoms with Gasteiger partial charge in [0.2, 0.25) is 20.0 Å². The van der Waals surface area contributed by atoms with Gasteiger partial charge in [-0.1, -0.05) is 18.9 Å². The van der Waals surface area contributed by atoms with Gasteiger partial charge in [-0.25, -0.2) is 21.6 Å². The van der Waals surface area contributed by atoms with Crippen LogP contribution in [0, 0.1) is 0 Å². The van der Waals surface area contributed by atoms with Crippen LogP contribution in [0.5, 0.6) is 0 Å². The van der Waals surface area contributed by atoms with Gasteiger partial charge < -0.3 is 5.73 Å². The summed E-state index contributed by atoms with van der Waals surface area (Å²) in [5.41, 5.74) is 5.10. The van der Waals surface area contributed by atoms with Crippen molar-refractivity contribution in [2.24, 2.45) is 5.73 Å². The molecule has 0 amide bonds. The predicted octanol–water partition coefficient (Wildman–Crippen LogP) is 1.69. The molecule has 1 aromatic carbocycles. The molecule has 1 aliphatic rings. The van der Waals surface area contributed by atoms with E-state index in [0.717, 1.165) is 25.7 Å². The molecule has 10 heteroatoms. The second-order valence-electron chi connectivity index (χ2n) is 7.11. The van der Waals surface area contributed by atoms with Crippen LogP contribution < -0.4 is 10.5 Å². The lowest BCUT2D eigenvalue weighted by atomic mass is 10.1. The fourth-order valence-corrected chi connectivity index (χ4v) is 5.50. The maximum absolute atomic E-state index is 12.8. The lowest BCUT2D eigenvalue weighted by Gasteiger charge is -2.21. The van der Waals surface area contributed by atoms with Crippen LogP contribution in [0.2, 0.25) is 0 Å². The van der Waals surface area contributed by atoms with Gasteiger partial charge in [-0.15, -0.1) is 12.4 Å². The van der Waals surface area contributed by atoms with Crippen molar-refractivity contribution >= 4 is 32.5 Å². The molecule has 1 saturated heterocycles. The lowest BCUT2D eigenvalue weighted by Crippen LogP contribution is -2.45. The summed E-state index contributed by atoms with van der Waals surface area (Å²) < 4.78 is 54.4. The van der Waals surface area contributed by atoms with E-state index < -0.39 is 25.6 Å². The van der Waals surface area contributed by atoms with Crippen molar-refractivity contribution in [2.45, 2.75) is 54.9 Å². The standard InChI is InChI=1S/C16H27N3O4S2.ClH/c1-16(2,17)13-18-24(20,21)14-8-7-9-15(12-14)25(22,23)19-10-5-3-4-6-11-19;/h7-9,12,18H,3-6,10-11,13,17H2,1-2H3;1H. The number of nitrogens with one attached hydrogen (secondary N) is 1. The summed E-state index contributed by atoms with van der Waals surface area (Å²) >= 11 is 0. The first-order valence-corrected chi connectivity index (χ1v) is 11.3. The molecule has 0 radical (unpaired) electrons. The Kier molecular flexibility index (Phi) is 8.06. The summed E-state index contributed by atoms with van der Waals surface area (Å²) in [6.07, 6.45) is 3.67. The van der Waals surface area contributed by atoms with Gasteiger partial charge >= 0.3 is 0 Å². The number of sulfonamides is 2. The predicted molar refractivity (Wildman–Crippen MR) is 104 cm³/mol. The van der Waals surface area contributed by atoms with Crippen LogP contribution in [0.3, 0.4) is 0 Å². The third kappa shape index (κ3) is 6.17. The van der Waals surface area contributed by atoms with Crippen molar-refractivity contribution in [3.63, 3.8) is 0 Å². The first-order chi connectivity index (χ1) is 11.5. The second-order valence-corrected chi connectivity index (χ2v) is 10.8. The highest BCUT2D eigenvalue weighted by Gasteiger charge is 2.27. The molecule has 26 heavy (non-hydrogen) atoms. The van der Waals surface area contributed by atoms with Crippen LogP contribution in [0.1, 0.15) is 39.5 Å². The third-order valence-electron chi connectivity index (χ3n) is 4.04. The second kappa shape index (κ2) is 8.99. The highest BCUT2D eigenvalue weighted by atomic mass is 35.5. The Morgan fingerprint density at radius 1 is 1.04 bits per heavy atom. The average molecular weight is 426 g/mol. The zero-order valence-corrected chi connectivity index (χ0v) is 17.6. The zero-order valence-electron chi connectivity index (χ0n) is 15.1. The molecule has 1 aromatic rings. The normalized spacial score (nSPS) is 17.3. The van der Waals surface area contributed by atoms with Gasteiger partial charge in [0, 0.05) is 25.2 Å². The maximum Gasteiger partial charge on any atom is 0.243 e. The Hall–Kier alpha value is -0.710. The molecule has 0 unspecified atom stereocenters. The molecule has 0 aromatic heterocycles. The summed E-state index contributed by atoms with van der Waals surface area (Å²) in [5, 5.41) is 0. The molecule has 0 bridgehead atoms. The fourth-order valence-electron chi connectivity index (χ4n) is 2.60. The smallest absolute Gasteiger partial charge is 0.243 e. The molecule has 3 N–H and O–H groups in total. The van der Waals surface area contributed by atoms with Crippen LogP contribution in [0.4, 0.5) is 0 Å². The van der Waals surface area contributed by atoms with E-state index in [2.05, 4.69) is 4.72 Å². The number of nitrogens with zero attached hydrogens (tertiary/aromatic N) is 1. The van der Waals surface area contributed by atoms with E-state index in [1.54, 1.807) is 13.8 Å². The van der Waals surface area contributed by atoms with Crippen molar-refractivity contribution in [1.82, 2.24) is 9.03 Å². The van der Waals surface area contributed by atoms with E-state index in [4.69, 9.17) is 5.73 Å². The summed E-state index contributed by atoms with van der Waals surface area (Å²) in [7, 11) is -7.52. The summed E-state index contributed by atoms with van der Waals surface area (Å²) in [4.78, 5) is -0.0723. The van der Waals surface area contributed by atoms with Crippen molar-refractivity contribution in [1.29, 1.82) is 0 Å². The van der Waals surface area contributed by atoms with Crippen molar-refractivity contribution in [3.8, 4) is 0 Å². The molecule has 150 valence electrons. The molecule has 1 aliphatic heterocycles. The van der Waals surface area contributed by atoms with E-state index >= 15 is 0 Å². The van der Waals surface area contributed by atoms with Gasteiger partial charge in [0.05, 0.1) is 9.79 Å². The van der Waals surface area contributed by atoms with E-state index in [-0.39, 0.29) is 28.7 Å². The Bertz CT molecular complexity index is 797. The Morgan fingerprint density at radius 2 is 1.58 bits per heavy atom. The topological polar surface area (TPSA) is 110 Å². The van der Waals surface area contributed by atoms with E-state index in [1.165, 1.54) is 28.6 Å². The van der Waals surface area contributed by atoms with Gasteiger partial charge in [-0.3, -0.25) is 0 Å². The number of benzene rings is 1. The van der Waals surface area contributed by atoms with Gasteiger partial charge in [0.25, 0.3) is 0 Å². The van der Waals surface area contributed by atoms with Crippen LogP contribution in [-0.2, 0) is 20.0 Å². The first-order valence-electron chi connectivity index (χ1n) is 8.41. The van der Waals surface area contributed by atoms with E-state index in [9.17, 15) is 16.8 Å². The Balaban J connectivity index is 0.00000338. The average Bonchev–Trinajstić information content (AvgIpc) is 2.82. The molecule has 0 spiro atoms. The first kappa shape index (κ1) is 23.3. The fraction of sp³-hybridized carbons (Fsp3) is 0.625. The van der Waals surface area contributed by atoms with Crippen LogP contribution >= 0.6 is 12.4 Å². The van der Waals surface area contributed by atoms with Crippen molar-refractivity contribution < 1.29 is 16.8 Å². The molecule has 2 rings (SSSR count). The van der Waals surface area contributed by atoms with Crippen molar-refractivity contribution in [2.75, 3.05) is 19.6 Å². The molecule has 0 aliphatic carbocycles. The largest absolute Gasteiger partial charge is 0.324 e. The molecule has 7 nitrogen and oxygen atoms in total. The van der Waals surface area contributed by atoms with E-state index in [1.807, 2.05) is 0 Å². The Morgan fingerprint density at radius 3 is 2.12 bits per heavy atom. The van der Waals surface area contributed by atoms with Gasteiger partial charge in [-0.05, 0) is 44.9 Å². The third-order valence-corrected chi connectivity index (χ3v) is 7.33.